The van der Waals surface area contributed by atoms with Gasteiger partial charge in [-0.3, -0.25) is 4.90 Å². The molecule has 144 valence electrons. The Hall–Kier alpha value is -1.94. The summed E-state index contributed by atoms with van der Waals surface area (Å²) in [5.74, 6) is 0.757. The predicted octanol–water partition coefficient (Wildman–Crippen LogP) is 3.25. The molecular weight excluding hydrogens is 386 g/mol. The van der Waals surface area contributed by atoms with Gasteiger partial charge in [0.25, 0.3) is 10.0 Å². The van der Waals surface area contributed by atoms with Crippen molar-refractivity contribution in [2.75, 3.05) is 13.1 Å². The van der Waals surface area contributed by atoms with Crippen LogP contribution in [0.5, 0.6) is 0 Å². The zero-order chi connectivity index (χ0) is 18.9. The number of nitrogens with zero attached hydrogens (tertiary/aromatic N) is 2. The Morgan fingerprint density at radius 2 is 2.22 bits per heavy atom. The topological polar surface area (TPSA) is 88.6 Å². The average molecular weight is 408 g/mol. The summed E-state index contributed by atoms with van der Waals surface area (Å²) < 4.78 is 38.8. The second-order valence-electron chi connectivity index (χ2n) is 6.73. The highest BCUT2D eigenvalue weighted by atomic mass is 32.2. The highest BCUT2D eigenvalue weighted by Gasteiger charge is 2.28. The van der Waals surface area contributed by atoms with E-state index in [1.54, 1.807) is 30.4 Å². The van der Waals surface area contributed by atoms with E-state index >= 15 is 0 Å². The van der Waals surface area contributed by atoms with Gasteiger partial charge in [0.2, 0.25) is 10.9 Å². The molecule has 3 aromatic rings. The van der Waals surface area contributed by atoms with E-state index in [-0.39, 0.29) is 11.1 Å². The van der Waals surface area contributed by atoms with Gasteiger partial charge >= 0.3 is 0 Å². The monoisotopic (exact) mass is 407 g/mol. The van der Waals surface area contributed by atoms with Gasteiger partial charge < -0.3 is 8.94 Å². The van der Waals surface area contributed by atoms with Gasteiger partial charge in [0.15, 0.2) is 5.76 Å². The lowest BCUT2D eigenvalue weighted by atomic mass is 10.1. The van der Waals surface area contributed by atoms with Gasteiger partial charge in [0, 0.05) is 30.1 Å². The van der Waals surface area contributed by atoms with E-state index in [4.69, 9.17) is 8.94 Å². The van der Waals surface area contributed by atoms with Crippen molar-refractivity contribution in [1.29, 1.82) is 0 Å². The van der Waals surface area contributed by atoms with E-state index in [9.17, 15) is 8.42 Å². The Balaban J connectivity index is 1.42. The van der Waals surface area contributed by atoms with Crippen molar-refractivity contribution in [2.24, 2.45) is 0 Å². The molecule has 9 heteroatoms. The van der Waals surface area contributed by atoms with Crippen LogP contribution in [-0.4, -0.2) is 37.6 Å². The molecule has 1 fully saturated rings. The number of furan rings is 1. The fourth-order valence-electron chi connectivity index (χ4n) is 3.27. The zero-order valence-corrected chi connectivity index (χ0v) is 16.6. The van der Waals surface area contributed by atoms with Crippen LogP contribution in [0.2, 0.25) is 0 Å². The third-order valence-corrected chi connectivity index (χ3v) is 6.76. The Kier molecular flexibility index (Phi) is 5.18. The maximum absolute atomic E-state index is 12.7. The van der Waals surface area contributed by atoms with Crippen LogP contribution in [0.3, 0.4) is 0 Å². The summed E-state index contributed by atoms with van der Waals surface area (Å²) in [4.78, 5) is 3.57. The number of rotatable bonds is 6. The molecule has 4 rings (SSSR count). The molecule has 0 aliphatic carbocycles. The fourth-order valence-corrected chi connectivity index (χ4v) is 5.21. The second-order valence-corrected chi connectivity index (χ2v) is 9.40. The second kappa shape index (κ2) is 7.59. The normalized spacial score (nSPS) is 18.8. The summed E-state index contributed by atoms with van der Waals surface area (Å²) in [5, 5.41) is 5.74. The van der Waals surface area contributed by atoms with Gasteiger partial charge in [0.1, 0.15) is 0 Å². The lowest BCUT2D eigenvalue weighted by Crippen LogP contribution is -2.47. The molecule has 1 aliphatic rings. The first-order valence-electron chi connectivity index (χ1n) is 8.80. The number of hydrogen-bond acceptors (Lipinski definition) is 7. The lowest BCUT2D eigenvalue weighted by molar-refractivity contribution is 0.195. The van der Waals surface area contributed by atoms with Gasteiger partial charge in [-0.2, -0.15) is 0 Å². The molecule has 0 radical (unpaired) electrons. The molecule has 1 atom stereocenters. The van der Waals surface area contributed by atoms with E-state index in [2.05, 4.69) is 26.2 Å². The maximum atomic E-state index is 12.7. The van der Waals surface area contributed by atoms with Crippen molar-refractivity contribution < 1.29 is 17.4 Å². The van der Waals surface area contributed by atoms with Crippen LogP contribution in [0, 0.1) is 6.92 Å². The van der Waals surface area contributed by atoms with E-state index in [1.165, 1.54) is 10.9 Å². The Morgan fingerprint density at radius 1 is 1.33 bits per heavy atom. The van der Waals surface area contributed by atoms with Crippen molar-refractivity contribution in [3.63, 3.8) is 0 Å². The standard InChI is InChI=1S/C18H21N3O4S2/c1-13-10-17(25-19-13)16-6-7-18(24-16)27(22,23)20-14-4-2-8-21(11-14)12-15-5-3-9-26-15/h3,5-7,9-10,14,20H,2,4,8,11-12H2,1H3. The molecule has 27 heavy (non-hydrogen) atoms. The summed E-state index contributed by atoms with van der Waals surface area (Å²) >= 11 is 1.72. The first-order chi connectivity index (χ1) is 13.0. The van der Waals surface area contributed by atoms with Crippen LogP contribution in [0.1, 0.15) is 23.4 Å². The van der Waals surface area contributed by atoms with E-state index in [0.29, 0.717) is 23.8 Å². The van der Waals surface area contributed by atoms with Crippen LogP contribution in [0.25, 0.3) is 11.5 Å². The quantitative estimate of drug-likeness (QED) is 0.675. The number of nitrogens with one attached hydrogen (secondary N) is 1. The molecule has 0 spiro atoms. The molecule has 0 amide bonds. The van der Waals surface area contributed by atoms with Gasteiger partial charge in [-0.15, -0.1) is 11.3 Å². The highest BCUT2D eigenvalue weighted by Crippen LogP contribution is 2.26. The molecular formula is C18H21N3O4S2. The molecule has 1 saturated heterocycles. The largest absolute Gasteiger partial charge is 0.440 e. The van der Waals surface area contributed by atoms with Gasteiger partial charge in [-0.25, -0.2) is 13.1 Å². The van der Waals surface area contributed by atoms with E-state index in [1.807, 2.05) is 6.07 Å². The fraction of sp³-hybridized carbons (Fsp3) is 0.389. The number of likely N-dealkylation sites (tertiary alicyclic amines) is 1. The van der Waals surface area contributed by atoms with E-state index in [0.717, 1.165) is 25.9 Å². The number of piperidine rings is 1. The van der Waals surface area contributed by atoms with Crippen molar-refractivity contribution >= 4 is 21.4 Å². The predicted molar refractivity (Wildman–Crippen MR) is 102 cm³/mol. The summed E-state index contributed by atoms with van der Waals surface area (Å²) in [6.07, 6.45) is 1.77. The van der Waals surface area contributed by atoms with Crippen LogP contribution in [0.4, 0.5) is 0 Å². The summed E-state index contributed by atoms with van der Waals surface area (Å²) in [6, 6.07) is 8.74. The molecule has 0 bridgehead atoms. The molecule has 0 aromatic carbocycles. The number of thiophene rings is 1. The average Bonchev–Trinajstić information content (AvgIpc) is 3.35. The number of aryl methyl sites for hydroxylation is 1. The smallest absolute Gasteiger partial charge is 0.274 e. The van der Waals surface area contributed by atoms with Crippen molar-refractivity contribution in [3.05, 3.63) is 46.3 Å². The minimum absolute atomic E-state index is 0.109. The summed E-state index contributed by atoms with van der Waals surface area (Å²) in [5.41, 5.74) is 0.706. The summed E-state index contributed by atoms with van der Waals surface area (Å²) in [7, 11) is -3.73. The maximum Gasteiger partial charge on any atom is 0.274 e. The third-order valence-electron chi connectivity index (χ3n) is 4.50. The molecule has 7 nitrogen and oxygen atoms in total. The number of aromatic nitrogens is 1. The van der Waals surface area contributed by atoms with Crippen molar-refractivity contribution in [2.45, 2.75) is 37.4 Å². The zero-order valence-electron chi connectivity index (χ0n) is 14.9. The number of sulfonamides is 1. The van der Waals surface area contributed by atoms with Crippen LogP contribution in [0.15, 0.2) is 49.7 Å². The minimum Gasteiger partial charge on any atom is -0.440 e. The van der Waals surface area contributed by atoms with Gasteiger partial charge in [-0.1, -0.05) is 11.2 Å². The molecule has 1 aliphatic heterocycles. The summed E-state index contributed by atoms with van der Waals surface area (Å²) in [6.45, 7) is 4.31. The van der Waals surface area contributed by atoms with Crippen LogP contribution < -0.4 is 4.72 Å². The molecule has 1 unspecified atom stereocenters. The Labute approximate surface area is 162 Å². The minimum atomic E-state index is -3.73. The molecule has 0 saturated carbocycles. The number of hydrogen-bond donors (Lipinski definition) is 1. The molecule has 4 heterocycles. The molecule has 3 aromatic heterocycles. The van der Waals surface area contributed by atoms with Crippen molar-refractivity contribution in [1.82, 2.24) is 14.8 Å². The Bertz CT molecular complexity index is 992. The van der Waals surface area contributed by atoms with Crippen LogP contribution >= 0.6 is 11.3 Å². The lowest BCUT2D eigenvalue weighted by Gasteiger charge is -2.32. The van der Waals surface area contributed by atoms with Gasteiger partial charge in [-0.05, 0) is 49.9 Å². The van der Waals surface area contributed by atoms with Gasteiger partial charge in [0.05, 0.1) is 5.69 Å². The third kappa shape index (κ3) is 4.32. The first-order valence-corrected chi connectivity index (χ1v) is 11.2. The first kappa shape index (κ1) is 18.4. The van der Waals surface area contributed by atoms with Crippen LogP contribution in [-0.2, 0) is 16.6 Å². The SMILES string of the molecule is Cc1cc(-c2ccc(S(=O)(=O)NC3CCCN(Cc4cccs4)C3)o2)on1. The molecule has 1 N–H and O–H groups in total. The van der Waals surface area contributed by atoms with Crippen molar-refractivity contribution in [3.8, 4) is 11.5 Å². The highest BCUT2D eigenvalue weighted by molar-refractivity contribution is 7.89. The Morgan fingerprint density at radius 3 is 2.96 bits per heavy atom. The van der Waals surface area contributed by atoms with E-state index < -0.39 is 10.0 Å².